The predicted molar refractivity (Wildman–Crippen MR) is 169 cm³/mol. The molecule has 2 aromatic heterocycles. The second kappa shape index (κ2) is 15.7. The van der Waals surface area contributed by atoms with Gasteiger partial charge in [0.15, 0.2) is 16.9 Å². The minimum absolute atomic E-state index is 0.0330. The fourth-order valence-corrected chi connectivity index (χ4v) is 9.04. The number of nitrogens with one attached hydrogen (secondary N) is 1. The number of aliphatic hydroxyl groups excluding tert-OH is 4. The van der Waals surface area contributed by atoms with Gasteiger partial charge in [-0.05, 0) is 39.3 Å². The van der Waals surface area contributed by atoms with E-state index in [4.69, 9.17) is 10.5 Å². The van der Waals surface area contributed by atoms with Crippen LogP contribution in [-0.4, -0.2) is 98.3 Å². The van der Waals surface area contributed by atoms with Crippen molar-refractivity contribution in [2.75, 3.05) is 38.6 Å². The molecule has 4 aliphatic rings. The molecule has 1 saturated heterocycles. The van der Waals surface area contributed by atoms with Crippen LogP contribution in [0, 0.1) is 5.92 Å². The standard InChI is InChI=1S/C22H27N5O12P2S.C6H15N/c23-19-14-20-24-9-26(19)12-6-10(15(28)16(12)29)7-36-40(32,33)39-41(34,35)37-8-13-17(30)18(31)21(38-13)27(20)22(25-14)42-11-4-2-1-3-5-11;1-4-7(5-2)6-3/h1-5,9-10,12-13,15-18,21,23,28-31H,6-8H2,(H2,32,33,34,35);4-6H2,1-3H3/t10-,12-,13-,15-,16+,17-,18-,21-;/m1./s1. The number of ether oxygens (including phenoxy) is 1. The molecular weight excluding hydrogens is 706 g/mol. The Morgan fingerprint density at radius 1 is 0.980 bits per heavy atom. The van der Waals surface area contributed by atoms with Crippen LogP contribution < -0.4 is 25.0 Å². The molecular formula is C28H42N6O12P2S. The highest BCUT2D eigenvalue weighted by atomic mass is 32.2. The topological polar surface area (TPSA) is 263 Å². The summed E-state index contributed by atoms with van der Waals surface area (Å²) in [6.07, 6.45) is -7.80. The maximum atomic E-state index is 12.3. The lowest BCUT2D eigenvalue weighted by Gasteiger charge is -2.32. The number of aromatic nitrogens is 4. The number of anilines is 1. The number of imidazole rings is 1. The third-order valence-electron chi connectivity index (χ3n) is 8.90. The molecule has 7 N–H and O–H groups in total. The van der Waals surface area contributed by atoms with Crippen LogP contribution in [0.15, 0.2) is 46.7 Å². The highest BCUT2D eigenvalue weighted by molar-refractivity contribution is 7.99. The summed E-state index contributed by atoms with van der Waals surface area (Å²) in [6.45, 7) is 8.84. The van der Waals surface area contributed by atoms with Crippen LogP contribution in [0.2, 0.25) is 0 Å². The largest absolute Gasteiger partial charge is 0.756 e. The highest BCUT2D eigenvalue weighted by Gasteiger charge is 2.48. The minimum atomic E-state index is -5.57. The van der Waals surface area contributed by atoms with Gasteiger partial charge in [-0.2, -0.15) is 0 Å². The van der Waals surface area contributed by atoms with Crippen molar-refractivity contribution in [3.05, 3.63) is 36.7 Å². The number of hydrogen-bond donors (Lipinski definition) is 6. The lowest BCUT2D eigenvalue weighted by Crippen LogP contribution is -3.11. The van der Waals surface area contributed by atoms with E-state index in [0.29, 0.717) is 0 Å². The van der Waals surface area contributed by atoms with Gasteiger partial charge in [-0.25, -0.2) is 13.9 Å². The van der Waals surface area contributed by atoms with Gasteiger partial charge in [-0.15, -0.1) is 0 Å². The average molecular weight is 749 g/mol. The summed E-state index contributed by atoms with van der Waals surface area (Å²) >= 11 is 1.17. The maximum Gasteiger partial charge on any atom is 0.274 e. The number of hydrogen-bond acceptors (Lipinski definition) is 16. The molecule has 7 rings (SSSR count). The third kappa shape index (κ3) is 8.37. The molecule has 10 atom stereocenters. The van der Waals surface area contributed by atoms with Gasteiger partial charge in [0.25, 0.3) is 21.5 Å². The van der Waals surface area contributed by atoms with Gasteiger partial charge < -0.3 is 54.6 Å². The Hall–Kier alpha value is -2.06. The number of nitrogens with zero attached hydrogens (tertiary/aromatic N) is 4. The van der Waals surface area contributed by atoms with Crippen molar-refractivity contribution in [1.29, 1.82) is 0 Å². The zero-order valence-electron chi connectivity index (χ0n) is 27.0. The van der Waals surface area contributed by atoms with Gasteiger partial charge in [0, 0.05) is 10.8 Å². The van der Waals surface area contributed by atoms with Crippen molar-refractivity contribution < 1.29 is 66.9 Å². The van der Waals surface area contributed by atoms with Gasteiger partial charge in [-0.3, -0.25) is 13.7 Å². The molecule has 272 valence electrons. The fourth-order valence-electron chi connectivity index (χ4n) is 6.05. The first-order valence-corrected chi connectivity index (χ1v) is 19.6. The molecule has 2 unspecified atom stereocenters. The Kier molecular flexibility index (Phi) is 12.2. The highest BCUT2D eigenvalue weighted by Crippen LogP contribution is 2.56. The summed E-state index contributed by atoms with van der Waals surface area (Å²) < 4.78 is 46.6. The fraction of sp³-hybridized carbons (Fsp3) is 0.607. The summed E-state index contributed by atoms with van der Waals surface area (Å²) in [6, 6.07) is 8.14. The Morgan fingerprint density at radius 2 is 1.61 bits per heavy atom. The number of phosphoric ester groups is 2. The van der Waals surface area contributed by atoms with E-state index >= 15 is 0 Å². The van der Waals surface area contributed by atoms with Gasteiger partial charge >= 0.3 is 0 Å². The number of quaternary nitrogens is 1. The van der Waals surface area contributed by atoms with Crippen molar-refractivity contribution in [2.24, 2.45) is 5.92 Å². The van der Waals surface area contributed by atoms with Crippen molar-refractivity contribution in [1.82, 2.24) is 14.5 Å². The van der Waals surface area contributed by atoms with Gasteiger partial charge in [0.2, 0.25) is 12.0 Å². The number of benzene rings is 1. The van der Waals surface area contributed by atoms with Crippen LogP contribution >= 0.6 is 27.4 Å². The van der Waals surface area contributed by atoms with Crippen LogP contribution in [0.3, 0.4) is 0 Å². The molecule has 0 radical (unpaired) electrons. The molecule has 18 nitrogen and oxygen atoms in total. The zero-order valence-corrected chi connectivity index (χ0v) is 29.7. The molecule has 3 aliphatic heterocycles. The zero-order chi connectivity index (χ0) is 35.7. The van der Waals surface area contributed by atoms with Crippen LogP contribution in [0.4, 0.5) is 5.82 Å². The first kappa shape index (κ1) is 38.2. The molecule has 8 bridgehead atoms. The first-order valence-electron chi connectivity index (χ1n) is 15.8. The molecule has 1 aliphatic carbocycles. The molecule has 5 heterocycles. The predicted octanol–water partition coefficient (Wildman–Crippen LogP) is -1.71. The molecule has 21 heteroatoms. The van der Waals surface area contributed by atoms with Crippen LogP contribution in [0.1, 0.15) is 39.5 Å². The van der Waals surface area contributed by atoms with Crippen molar-refractivity contribution >= 4 is 44.4 Å². The maximum absolute atomic E-state index is 12.3. The number of rotatable bonds is 5. The Balaban J connectivity index is 0.000000606. The normalized spacial score (nSPS) is 35.0. The van der Waals surface area contributed by atoms with Crippen LogP contribution in [0.25, 0.3) is 11.2 Å². The molecule has 3 aromatic rings. The summed E-state index contributed by atoms with van der Waals surface area (Å²) in [5.41, 5.74) is 6.79. The van der Waals surface area contributed by atoms with Crippen molar-refractivity contribution in [3.63, 3.8) is 0 Å². The van der Waals surface area contributed by atoms with Crippen molar-refractivity contribution in [3.8, 4) is 0 Å². The van der Waals surface area contributed by atoms with Crippen LogP contribution in [-0.2, 0) is 27.2 Å². The van der Waals surface area contributed by atoms with E-state index in [1.54, 1.807) is 17.0 Å². The summed E-state index contributed by atoms with van der Waals surface area (Å²) in [5.74, 6) is -0.939. The van der Waals surface area contributed by atoms with Crippen LogP contribution in [0.5, 0.6) is 0 Å². The van der Waals surface area contributed by atoms with Gasteiger partial charge in [0.1, 0.15) is 30.5 Å². The third-order valence-corrected chi connectivity index (χ3v) is 12.4. The lowest BCUT2D eigenvalue weighted by atomic mass is 10.1. The summed E-state index contributed by atoms with van der Waals surface area (Å²) in [4.78, 5) is 36.1. The monoisotopic (exact) mass is 748 g/mol. The Morgan fingerprint density at radius 3 is 2.22 bits per heavy atom. The van der Waals surface area contributed by atoms with Crippen molar-refractivity contribution in [2.45, 2.75) is 80.0 Å². The van der Waals surface area contributed by atoms with Gasteiger partial charge in [-0.1, -0.05) is 34.9 Å². The second-order valence-corrected chi connectivity index (χ2v) is 15.9. The molecule has 1 saturated carbocycles. The lowest BCUT2D eigenvalue weighted by molar-refractivity contribution is -0.894. The molecule has 1 aromatic carbocycles. The van der Waals surface area contributed by atoms with E-state index in [1.165, 1.54) is 46.9 Å². The summed E-state index contributed by atoms with van der Waals surface area (Å²) in [5, 5.41) is 43.3. The van der Waals surface area contributed by atoms with E-state index in [0.717, 1.165) is 4.90 Å². The molecule has 0 amide bonds. The number of aliphatic hydroxyl groups is 4. The second-order valence-electron chi connectivity index (χ2n) is 11.9. The summed E-state index contributed by atoms with van der Waals surface area (Å²) in [7, 11) is -11.1. The first-order chi connectivity index (χ1) is 23.2. The van der Waals surface area contributed by atoms with E-state index in [1.807, 2.05) is 18.2 Å². The number of fused-ring (bicyclic) bond motifs is 7. The molecule has 0 spiro atoms. The minimum Gasteiger partial charge on any atom is -0.756 e. The van der Waals surface area contributed by atoms with E-state index in [-0.39, 0.29) is 28.6 Å². The molecule has 49 heavy (non-hydrogen) atoms. The molecule has 2 fully saturated rings. The average Bonchev–Trinajstić information content (AvgIpc) is 3.66. The quantitative estimate of drug-likeness (QED) is 0.125. The van der Waals surface area contributed by atoms with E-state index in [2.05, 4.69) is 44.1 Å². The van der Waals surface area contributed by atoms with E-state index < -0.39 is 77.6 Å². The number of phosphoric acid groups is 2. The number of nitrogen functional groups attached to an aromatic ring is 1. The SMILES string of the molecule is CC[NH+](CC)CC.Nc1c2nc(Sc3ccccc3)n3c2nc[n+]1[C@@H]1C[C@H](COP(=O)([O-])OP(=O)([O-])OC[C@H]2O[C@@H]3[C@H](O)[C@@H]2O)[C@@H](O)[C@H]1O. The smallest absolute Gasteiger partial charge is 0.274 e. The van der Waals surface area contributed by atoms with E-state index in [9.17, 15) is 39.3 Å². The Labute approximate surface area is 286 Å². The van der Waals surface area contributed by atoms with Gasteiger partial charge in [0.05, 0.1) is 39.0 Å². The Bertz CT molecular complexity index is 1680. The number of nitrogens with two attached hydrogens (primary N) is 1.